The zero-order chi connectivity index (χ0) is 18.8. The first-order chi connectivity index (χ1) is 12.7. The fourth-order valence-electron chi connectivity index (χ4n) is 2.38. The Labute approximate surface area is 158 Å². The molecule has 2 rings (SSSR count). The number of hydrogen-bond donors (Lipinski definition) is 2. The molecule has 0 atom stereocenters. The molecule has 2 aromatic rings. The molecule has 0 spiro atoms. The maximum absolute atomic E-state index is 11.6. The number of rotatable bonds is 12. The lowest BCUT2D eigenvalue weighted by Gasteiger charge is -2.09. The second-order valence-corrected chi connectivity index (χ2v) is 6.89. The second kappa shape index (κ2) is 11.0. The molecule has 2 aromatic heterocycles. The molecule has 1 amide bonds. The van der Waals surface area contributed by atoms with Crippen molar-refractivity contribution in [2.24, 2.45) is 0 Å². The molecule has 0 bridgehead atoms. The van der Waals surface area contributed by atoms with Crippen LogP contribution < -0.4 is 10.6 Å². The van der Waals surface area contributed by atoms with Crippen LogP contribution in [0.25, 0.3) is 11.0 Å². The first kappa shape index (κ1) is 20.4. The van der Waals surface area contributed by atoms with Gasteiger partial charge in [-0.1, -0.05) is 25.6 Å². The van der Waals surface area contributed by atoms with Gasteiger partial charge < -0.3 is 15.4 Å². The Kier molecular flexibility index (Phi) is 8.63. The van der Waals surface area contributed by atoms with Crippen LogP contribution in [0.1, 0.15) is 33.1 Å². The van der Waals surface area contributed by atoms with Crippen molar-refractivity contribution in [2.45, 2.75) is 44.8 Å². The summed E-state index contributed by atoms with van der Waals surface area (Å²) in [6.45, 7) is 6.49. The number of fused-ring (bicyclic) bond motifs is 1. The van der Waals surface area contributed by atoms with Gasteiger partial charge in [-0.2, -0.15) is 5.10 Å². The molecular formula is C17H28N6O2S. The van der Waals surface area contributed by atoms with E-state index >= 15 is 0 Å². The lowest BCUT2D eigenvalue weighted by molar-refractivity contribution is -0.121. The lowest BCUT2D eigenvalue weighted by Crippen LogP contribution is -2.27. The van der Waals surface area contributed by atoms with E-state index in [2.05, 4.69) is 32.6 Å². The maximum Gasteiger partial charge on any atom is 0.220 e. The quantitative estimate of drug-likeness (QED) is 0.331. The molecule has 8 nitrogen and oxygen atoms in total. The van der Waals surface area contributed by atoms with E-state index in [-0.39, 0.29) is 5.91 Å². The van der Waals surface area contributed by atoms with Crippen LogP contribution in [0, 0.1) is 0 Å². The first-order valence-corrected chi connectivity index (χ1v) is 10.0. The number of ether oxygens (including phenoxy) is 1. The monoisotopic (exact) mass is 380 g/mol. The highest BCUT2D eigenvalue weighted by atomic mass is 32.2. The number of aromatic nitrogens is 4. The summed E-state index contributed by atoms with van der Waals surface area (Å²) in [4.78, 5) is 20.9. The van der Waals surface area contributed by atoms with Crippen LogP contribution in [0.2, 0.25) is 0 Å². The largest absolute Gasteiger partial charge is 0.383 e. The highest BCUT2D eigenvalue weighted by Crippen LogP contribution is 2.24. The van der Waals surface area contributed by atoms with Crippen LogP contribution >= 0.6 is 11.8 Å². The third kappa shape index (κ3) is 5.84. The molecule has 9 heteroatoms. The average Bonchev–Trinajstić information content (AvgIpc) is 3.03. The summed E-state index contributed by atoms with van der Waals surface area (Å²) in [6, 6.07) is 0. The second-order valence-electron chi connectivity index (χ2n) is 5.83. The van der Waals surface area contributed by atoms with Gasteiger partial charge in [-0.15, -0.1) is 0 Å². The van der Waals surface area contributed by atoms with Crippen LogP contribution in [0.15, 0.2) is 11.4 Å². The van der Waals surface area contributed by atoms with E-state index in [1.807, 2.05) is 11.6 Å². The van der Waals surface area contributed by atoms with Gasteiger partial charge in [-0.05, 0) is 12.8 Å². The summed E-state index contributed by atoms with van der Waals surface area (Å²) in [6.07, 6.45) is 4.22. The molecule has 0 aliphatic rings. The summed E-state index contributed by atoms with van der Waals surface area (Å²) in [5.41, 5.74) is 0.781. The van der Waals surface area contributed by atoms with Crippen molar-refractivity contribution >= 4 is 34.5 Å². The Morgan fingerprint density at radius 3 is 2.85 bits per heavy atom. The molecular weight excluding hydrogens is 352 g/mol. The van der Waals surface area contributed by atoms with Crippen molar-refractivity contribution in [3.05, 3.63) is 6.20 Å². The smallest absolute Gasteiger partial charge is 0.220 e. The molecule has 0 aliphatic carbocycles. The van der Waals surface area contributed by atoms with Gasteiger partial charge in [-0.25, -0.2) is 14.6 Å². The molecule has 144 valence electrons. The van der Waals surface area contributed by atoms with Crippen molar-refractivity contribution < 1.29 is 9.53 Å². The molecule has 0 fully saturated rings. The van der Waals surface area contributed by atoms with Crippen LogP contribution in [-0.4, -0.2) is 58.2 Å². The first-order valence-electron chi connectivity index (χ1n) is 9.05. The standard InChI is InChI=1S/C17H28N6O2S/c1-4-6-14(24)18-7-9-23-16-13(12-20-23)15(19-8-10-25-3)21-17(22-16)26-11-5-2/h12H,4-11H2,1-3H3,(H,18,24)(H,19,21,22). The Hall–Kier alpha value is -1.87. The number of hydrogen-bond acceptors (Lipinski definition) is 7. The molecule has 2 N–H and O–H groups in total. The molecule has 0 saturated heterocycles. The molecule has 0 radical (unpaired) electrons. The van der Waals surface area contributed by atoms with Crippen LogP contribution in [0.4, 0.5) is 5.82 Å². The number of carbonyl (C=O) groups excluding carboxylic acids is 1. The number of carbonyl (C=O) groups is 1. The third-order valence-corrected chi connectivity index (χ3v) is 4.69. The van der Waals surface area contributed by atoms with E-state index in [1.165, 1.54) is 0 Å². The lowest BCUT2D eigenvalue weighted by atomic mass is 10.3. The molecule has 0 aromatic carbocycles. The van der Waals surface area contributed by atoms with Crippen LogP contribution in [-0.2, 0) is 16.1 Å². The number of methoxy groups -OCH3 is 1. The van der Waals surface area contributed by atoms with Gasteiger partial charge in [0, 0.05) is 32.4 Å². The van der Waals surface area contributed by atoms with Gasteiger partial charge in [0.15, 0.2) is 10.8 Å². The van der Waals surface area contributed by atoms with E-state index in [0.29, 0.717) is 32.7 Å². The average molecular weight is 381 g/mol. The van der Waals surface area contributed by atoms with Gasteiger partial charge in [0.1, 0.15) is 5.82 Å². The fourth-order valence-corrected chi connectivity index (χ4v) is 3.07. The van der Waals surface area contributed by atoms with Gasteiger partial charge in [0.2, 0.25) is 5.91 Å². The molecule has 0 unspecified atom stereocenters. The predicted octanol–water partition coefficient (Wildman–Crippen LogP) is 2.30. The topological polar surface area (TPSA) is 94.0 Å². The SMILES string of the molecule is CCCSc1nc(NCCOC)c2cnn(CCNC(=O)CCC)c2n1. The maximum atomic E-state index is 11.6. The van der Waals surface area contributed by atoms with Crippen molar-refractivity contribution in [3.63, 3.8) is 0 Å². The Morgan fingerprint density at radius 2 is 2.12 bits per heavy atom. The number of amides is 1. The summed E-state index contributed by atoms with van der Waals surface area (Å²) in [7, 11) is 1.67. The normalized spacial score (nSPS) is 11.0. The number of thioether (sulfide) groups is 1. The minimum absolute atomic E-state index is 0.0692. The summed E-state index contributed by atoms with van der Waals surface area (Å²) >= 11 is 1.63. The summed E-state index contributed by atoms with van der Waals surface area (Å²) in [5, 5.41) is 12.2. The summed E-state index contributed by atoms with van der Waals surface area (Å²) in [5.74, 6) is 1.80. The highest BCUT2D eigenvalue weighted by molar-refractivity contribution is 7.99. The van der Waals surface area contributed by atoms with E-state index in [4.69, 9.17) is 4.74 Å². The summed E-state index contributed by atoms with van der Waals surface area (Å²) < 4.78 is 6.92. The van der Waals surface area contributed by atoms with Gasteiger partial charge in [0.25, 0.3) is 0 Å². The number of anilines is 1. The van der Waals surface area contributed by atoms with E-state index in [9.17, 15) is 4.79 Å². The van der Waals surface area contributed by atoms with Crippen LogP contribution in [0.5, 0.6) is 0 Å². The minimum atomic E-state index is 0.0692. The Bertz CT molecular complexity index is 706. The van der Waals surface area contributed by atoms with Gasteiger partial charge in [-0.3, -0.25) is 4.79 Å². The zero-order valence-corrected chi connectivity index (χ0v) is 16.6. The van der Waals surface area contributed by atoms with Crippen LogP contribution in [0.3, 0.4) is 0 Å². The zero-order valence-electron chi connectivity index (χ0n) is 15.7. The molecule has 26 heavy (non-hydrogen) atoms. The fraction of sp³-hybridized carbons (Fsp3) is 0.647. The predicted molar refractivity (Wildman–Crippen MR) is 105 cm³/mol. The van der Waals surface area contributed by atoms with E-state index < -0.39 is 0 Å². The van der Waals surface area contributed by atoms with Gasteiger partial charge in [0.05, 0.1) is 24.7 Å². The minimum Gasteiger partial charge on any atom is -0.383 e. The van der Waals surface area contributed by atoms with E-state index in [1.54, 1.807) is 25.1 Å². The third-order valence-electron chi connectivity index (χ3n) is 3.63. The molecule has 0 saturated carbocycles. The molecule has 2 heterocycles. The van der Waals surface area contributed by atoms with Crippen molar-refractivity contribution in [3.8, 4) is 0 Å². The van der Waals surface area contributed by atoms with Crippen molar-refractivity contribution in [1.29, 1.82) is 0 Å². The van der Waals surface area contributed by atoms with Gasteiger partial charge >= 0.3 is 0 Å². The Balaban J connectivity index is 2.16. The van der Waals surface area contributed by atoms with E-state index in [0.717, 1.165) is 40.6 Å². The Morgan fingerprint density at radius 1 is 1.27 bits per heavy atom. The molecule has 0 aliphatic heterocycles. The highest BCUT2D eigenvalue weighted by Gasteiger charge is 2.13. The number of nitrogens with zero attached hydrogens (tertiary/aromatic N) is 4. The van der Waals surface area contributed by atoms with Crippen molar-refractivity contribution in [1.82, 2.24) is 25.1 Å². The van der Waals surface area contributed by atoms with Crippen molar-refractivity contribution in [2.75, 3.05) is 37.9 Å². The number of nitrogens with one attached hydrogen (secondary N) is 2.